The lowest BCUT2D eigenvalue weighted by molar-refractivity contribution is -0.103. The number of carbonyl (C=O) groups is 1. The molecule has 0 bridgehead atoms. The van der Waals surface area contributed by atoms with Crippen molar-refractivity contribution in [2.24, 2.45) is 5.92 Å². The van der Waals surface area contributed by atoms with Gasteiger partial charge in [-0.3, -0.25) is 0 Å². The van der Waals surface area contributed by atoms with Crippen LogP contribution in [0.5, 0.6) is 0 Å². The Morgan fingerprint density at radius 1 is 1.62 bits per heavy atom. The highest BCUT2D eigenvalue weighted by atomic mass is 16.6. The summed E-state index contributed by atoms with van der Waals surface area (Å²) in [6.45, 7) is 3.09. The van der Waals surface area contributed by atoms with E-state index in [0.717, 1.165) is 12.8 Å². The Kier molecular flexibility index (Phi) is 1.95. The molecular formula is C9H15NO3. The van der Waals surface area contributed by atoms with E-state index in [1.165, 1.54) is 0 Å². The minimum atomic E-state index is -0.591. The van der Waals surface area contributed by atoms with Gasteiger partial charge in [0, 0.05) is 0 Å². The van der Waals surface area contributed by atoms with E-state index in [1.54, 1.807) is 11.8 Å². The van der Waals surface area contributed by atoms with E-state index >= 15 is 0 Å². The van der Waals surface area contributed by atoms with Crippen molar-refractivity contribution in [2.75, 3.05) is 19.7 Å². The Morgan fingerprint density at radius 2 is 2.23 bits per heavy atom. The van der Waals surface area contributed by atoms with E-state index in [-0.39, 0.29) is 6.09 Å². The van der Waals surface area contributed by atoms with E-state index < -0.39 is 5.60 Å². The van der Waals surface area contributed by atoms with Gasteiger partial charge >= 0.3 is 6.09 Å². The van der Waals surface area contributed by atoms with Crippen LogP contribution in [0.4, 0.5) is 4.79 Å². The maximum atomic E-state index is 11.1. The van der Waals surface area contributed by atoms with E-state index in [9.17, 15) is 9.90 Å². The van der Waals surface area contributed by atoms with Crippen LogP contribution in [0.2, 0.25) is 0 Å². The van der Waals surface area contributed by atoms with Crippen LogP contribution in [0, 0.1) is 5.92 Å². The van der Waals surface area contributed by atoms with Crippen LogP contribution < -0.4 is 0 Å². The molecule has 1 N–H and O–H groups in total. The highest BCUT2D eigenvalue weighted by molar-refractivity contribution is 5.69. The van der Waals surface area contributed by atoms with Crippen molar-refractivity contribution in [3.63, 3.8) is 0 Å². The predicted molar refractivity (Wildman–Crippen MR) is 46.3 cm³/mol. The minimum absolute atomic E-state index is 0.298. The number of aliphatic hydroxyl groups is 1. The molecule has 1 aliphatic heterocycles. The van der Waals surface area contributed by atoms with Gasteiger partial charge < -0.3 is 14.7 Å². The minimum Gasteiger partial charge on any atom is -0.450 e. The second kappa shape index (κ2) is 2.87. The molecule has 2 fully saturated rings. The van der Waals surface area contributed by atoms with Crippen LogP contribution in [-0.4, -0.2) is 41.4 Å². The van der Waals surface area contributed by atoms with Gasteiger partial charge in [-0.1, -0.05) is 0 Å². The molecule has 1 aliphatic carbocycles. The molecule has 0 radical (unpaired) electrons. The number of amides is 1. The van der Waals surface area contributed by atoms with Crippen LogP contribution in [0.3, 0.4) is 0 Å². The summed E-state index contributed by atoms with van der Waals surface area (Å²) >= 11 is 0. The summed E-state index contributed by atoms with van der Waals surface area (Å²) < 4.78 is 4.82. The molecule has 1 saturated heterocycles. The molecule has 2 rings (SSSR count). The average Bonchev–Trinajstić information content (AvgIpc) is 2.81. The molecule has 74 valence electrons. The normalized spacial score (nSPS) is 25.2. The summed E-state index contributed by atoms with van der Waals surface area (Å²) in [5.41, 5.74) is -0.591. The number of β-amino-alcohol motifs (C(OH)–C–C–N with tert-alkyl or cyclic N) is 1. The number of hydrogen-bond acceptors (Lipinski definition) is 3. The second-order valence-electron chi connectivity index (χ2n) is 3.93. The SMILES string of the molecule is CCOC(=O)N1CC(O)(C2CC2)C1. The summed E-state index contributed by atoms with van der Waals surface area (Å²) in [7, 11) is 0. The van der Waals surface area contributed by atoms with E-state index in [2.05, 4.69) is 0 Å². The van der Waals surface area contributed by atoms with Crippen LogP contribution in [0.1, 0.15) is 19.8 Å². The Balaban J connectivity index is 1.79. The zero-order valence-corrected chi connectivity index (χ0v) is 7.82. The van der Waals surface area contributed by atoms with Crippen LogP contribution in [-0.2, 0) is 4.74 Å². The Bertz CT molecular complexity index is 219. The van der Waals surface area contributed by atoms with Gasteiger partial charge in [0.25, 0.3) is 0 Å². The summed E-state index contributed by atoms with van der Waals surface area (Å²) in [5.74, 6) is 0.429. The summed E-state index contributed by atoms with van der Waals surface area (Å²) in [6.07, 6.45) is 1.91. The summed E-state index contributed by atoms with van der Waals surface area (Å²) in [4.78, 5) is 12.7. The first kappa shape index (κ1) is 8.81. The van der Waals surface area contributed by atoms with Crippen molar-refractivity contribution in [1.29, 1.82) is 0 Å². The average molecular weight is 185 g/mol. The summed E-state index contributed by atoms with van der Waals surface area (Å²) in [5, 5.41) is 9.89. The zero-order valence-electron chi connectivity index (χ0n) is 7.82. The van der Waals surface area contributed by atoms with E-state index in [1.807, 2.05) is 0 Å². The van der Waals surface area contributed by atoms with Gasteiger partial charge in [-0.05, 0) is 25.7 Å². The highest BCUT2D eigenvalue weighted by Gasteiger charge is 2.53. The highest BCUT2D eigenvalue weighted by Crippen LogP contribution is 2.44. The van der Waals surface area contributed by atoms with Crippen LogP contribution >= 0.6 is 0 Å². The van der Waals surface area contributed by atoms with E-state index in [4.69, 9.17) is 4.74 Å². The smallest absolute Gasteiger partial charge is 0.409 e. The van der Waals surface area contributed by atoms with Gasteiger partial charge in [0.1, 0.15) is 5.60 Å². The topological polar surface area (TPSA) is 49.8 Å². The Morgan fingerprint density at radius 3 is 2.69 bits per heavy atom. The van der Waals surface area contributed by atoms with Crippen molar-refractivity contribution in [2.45, 2.75) is 25.4 Å². The molecule has 2 aliphatic rings. The van der Waals surface area contributed by atoms with Crippen molar-refractivity contribution in [3.05, 3.63) is 0 Å². The fourth-order valence-electron chi connectivity index (χ4n) is 1.84. The largest absolute Gasteiger partial charge is 0.450 e. The molecule has 0 aromatic heterocycles. The fourth-order valence-corrected chi connectivity index (χ4v) is 1.84. The number of hydrogen-bond donors (Lipinski definition) is 1. The van der Waals surface area contributed by atoms with Gasteiger partial charge in [-0.25, -0.2) is 4.79 Å². The van der Waals surface area contributed by atoms with Gasteiger partial charge in [0.2, 0.25) is 0 Å². The number of ether oxygens (including phenoxy) is 1. The first-order valence-corrected chi connectivity index (χ1v) is 4.80. The number of rotatable bonds is 2. The molecule has 13 heavy (non-hydrogen) atoms. The molecule has 4 nitrogen and oxygen atoms in total. The number of likely N-dealkylation sites (tertiary alicyclic amines) is 1. The quantitative estimate of drug-likeness (QED) is 0.685. The molecule has 0 atom stereocenters. The third-order valence-corrected chi connectivity index (χ3v) is 2.79. The van der Waals surface area contributed by atoms with Gasteiger partial charge in [-0.2, -0.15) is 0 Å². The molecule has 1 saturated carbocycles. The standard InChI is InChI=1S/C9H15NO3/c1-2-13-8(11)10-5-9(12,6-10)7-3-4-7/h7,12H,2-6H2,1H3. The Labute approximate surface area is 77.5 Å². The molecule has 0 aromatic rings. The van der Waals surface area contributed by atoms with Crippen LogP contribution in [0.25, 0.3) is 0 Å². The molecule has 0 spiro atoms. The lowest BCUT2D eigenvalue weighted by Crippen LogP contribution is -2.64. The van der Waals surface area contributed by atoms with Crippen molar-refractivity contribution >= 4 is 6.09 Å². The Hall–Kier alpha value is -0.770. The van der Waals surface area contributed by atoms with Gasteiger partial charge in [0.15, 0.2) is 0 Å². The maximum absolute atomic E-state index is 11.1. The number of carbonyl (C=O) groups excluding carboxylic acids is 1. The van der Waals surface area contributed by atoms with Crippen LogP contribution in [0.15, 0.2) is 0 Å². The molecule has 1 amide bonds. The molecule has 0 aromatic carbocycles. The lowest BCUT2D eigenvalue weighted by Gasteiger charge is -2.45. The van der Waals surface area contributed by atoms with Gasteiger partial charge in [0.05, 0.1) is 19.7 Å². The molecule has 4 heteroatoms. The third-order valence-electron chi connectivity index (χ3n) is 2.79. The van der Waals surface area contributed by atoms with E-state index in [0.29, 0.717) is 25.6 Å². The van der Waals surface area contributed by atoms with Gasteiger partial charge in [-0.15, -0.1) is 0 Å². The van der Waals surface area contributed by atoms with Crippen molar-refractivity contribution in [3.8, 4) is 0 Å². The van der Waals surface area contributed by atoms with Crippen molar-refractivity contribution < 1.29 is 14.6 Å². The van der Waals surface area contributed by atoms with Crippen molar-refractivity contribution in [1.82, 2.24) is 4.90 Å². The summed E-state index contributed by atoms with van der Waals surface area (Å²) in [6, 6.07) is 0. The monoisotopic (exact) mass is 185 g/mol. The first-order valence-electron chi connectivity index (χ1n) is 4.80. The first-order chi connectivity index (χ1) is 6.15. The fraction of sp³-hybridized carbons (Fsp3) is 0.889. The molecule has 0 unspecified atom stereocenters. The number of nitrogens with zero attached hydrogens (tertiary/aromatic N) is 1. The second-order valence-corrected chi connectivity index (χ2v) is 3.93. The molecule has 1 heterocycles. The zero-order chi connectivity index (χ0) is 9.47. The molecular weight excluding hydrogens is 170 g/mol. The third kappa shape index (κ3) is 1.50. The lowest BCUT2D eigenvalue weighted by atomic mass is 9.89. The maximum Gasteiger partial charge on any atom is 0.409 e. The predicted octanol–water partition coefficient (Wildman–Crippen LogP) is 0.600.